The molecule has 1 amide bonds. The molecule has 0 aliphatic carbocycles. The van der Waals surface area contributed by atoms with Crippen LogP contribution in [0.5, 0.6) is 5.75 Å². The number of nitro groups is 1. The number of benzene rings is 1. The van der Waals surface area contributed by atoms with E-state index in [4.69, 9.17) is 16.3 Å². The van der Waals surface area contributed by atoms with E-state index in [1.807, 2.05) is 0 Å². The molecule has 0 fully saturated rings. The largest absolute Gasteiger partial charge is 0.470 e. The smallest absolute Gasteiger partial charge is 0.272 e. The van der Waals surface area contributed by atoms with Gasteiger partial charge in [-0.25, -0.2) is 4.68 Å². The van der Waals surface area contributed by atoms with Crippen molar-refractivity contribution in [3.63, 3.8) is 0 Å². The Morgan fingerprint density at radius 2 is 2.19 bits per heavy atom. The molecule has 0 aliphatic rings. The van der Waals surface area contributed by atoms with E-state index in [1.54, 1.807) is 36.3 Å². The van der Waals surface area contributed by atoms with Gasteiger partial charge in [0, 0.05) is 31.6 Å². The molecule has 0 unspecified atom stereocenters. The van der Waals surface area contributed by atoms with Crippen LogP contribution in [-0.4, -0.2) is 30.4 Å². The highest BCUT2D eigenvalue weighted by atomic mass is 35.5. The molecule has 1 aromatic carbocycles. The number of rotatable bonds is 7. The fourth-order valence-corrected chi connectivity index (χ4v) is 2.48. The number of nitrogens with zero attached hydrogens (tertiary/aromatic N) is 5. The molecule has 0 saturated heterocycles. The summed E-state index contributed by atoms with van der Waals surface area (Å²) in [4.78, 5) is 22.3. The van der Waals surface area contributed by atoms with E-state index in [0.717, 1.165) is 5.69 Å². The first-order valence-corrected chi connectivity index (χ1v) is 8.17. The van der Waals surface area contributed by atoms with E-state index < -0.39 is 4.92 Å². The lowest BCUT2D eigenvalue weighted by molar-refractivity contribution is -0.384. The summed E-state index contributed by atoms with van der Waals surface area (Å²) in [5.74, 6) is -0.0525. The van der Waals surface area contributed by atoms with E-state index in [0.29, 0.717) is 6.54 Å². The molecule has 2 aromatic heterocycles. The zero-order valence-corrected chi connectivity index (χ0v) is 15.0. The maximum absolute atomic E-state index is 12.2. The van der Waals surface area contributed by atoms with Crippen molar-refractivity contribution in [3.8, 4) is 5.75 Å². The van der Waals surface area contributed by atoms with Gasteiger partial charge in [-0.2, -0.15) is 10.2 Å². The van der Waals surface area contributed by atoms with Crippen molar-refractivity contribution in [1.82, 2.24) is 24.9 Å². The Labute approximate surface area is 158 Å². The summed E-state index contributed by atoms with van der Waals surface area (Å²) in [5.41, 5.74) is 0.966. The summed E-state index contributed by atoms with van der Waals surface area (Å²) in [6.07, 6.45) is 3.23. The van der Waals surface area contributed by atoms with Crippen molar-refractivity contribution in [2.45, 2.75) is 13.3 Å². The number of non-ortho nitro benzene ring substituents is 1. The van der Waals surface area contributed by atoms with Gasteiger partial charge < -0.3 is 10.1 Å². The second-order valence-corrected chi connectivity index (χ2v) is 5.92. The highest BCUT2D eigenvalue weighted by Crippen LogP contribution is 2.28. The van der Waals surface area contributed by atoms with Crippen LogP contribution in [0.1, 0.15) is 16.2 Å². The molecule has 0 radical (unpaired) electrons. The molecular formula is C16H15ClN6O4. The number of carbonyl (C=O) groups is 1. The van der Waals surface area contributed by atoms with Gasteiger partial charge in [0.1, 0.15) is 11.4 Å². The fraction of sp³-hybridized carbons (Fsp3) is 0.188. The number of aryl methyl sites for hydroxylation is 1. The van der Waals surface area contributed by atoms with Crippen LogP contribution in [0.3, 0.4) is 0 Å². The molecule has 2 heterocycles. The molecule has 27 heavy (non-hydrogen) atoms. The van der Waals surface area contributed by atoms with Gasteiger partial charge in [0.2, 0.25) is 0 Å². The van der Waals surface area contributed by atoms with E-state index in [2.05, 4.69) is 15.5 Å². The van der Waals surface area contributed by atoms with Gasteiger partial charge in [-0.05, 0) is 18.2 Å². The van der Waals surface area contributed by atoms with Gasteiger partial charge in [-0.15, -0.1) is 0 Å². The van der Waals surface area contributed by atoms with Crippen LogP contribution >= 0.6 is 11.6 Å². The molecule has 10 nitrogen and oxygen atoms in total. The third kappa shape index (κ3) is 4.42. The fourth-order valence-electron chi connectivity index (χ4n) is 2.25. The standard InChI is InChI=1S/C16H15ClN6O4/c1-21-12(4-6-19-21)9-18-16(24)14-5-7-22(20-14)10-27-15-3-2-11(23(25)26)8-13(15)17/h2-8H,9-10H2,1H3,(H,18,24). The van der Waals surface area contributed by atoms with Crippen LogP contribution in [0.2, 0.25) is 5.02 Å². The number of aromatic nitrogens is 4. The molecule has 0 aliphatic heterocycles. The van der Waals surface area contributed by atoms with E-state index in [-0.39, 0.29) is 34.8 Å². The quantitative estimate of drug-likeness (QED) is 0.488. The second kappa shape index (κ2) is 7.87. The molecule has 11 heteroatoms. The van der Waals surface area contributed by atoms with Crippen LogP contribution in [0.4, 0.5) is 5.69 Å². The average molecular weight is 391 g/mol. The lowest BCUT2D eigenvalue weighted by Crippen LogP contribution is -2.24. The molecule has 0 saturated carbocycles. The topological polar surface area (TPSA) is 117 Å². The van der Waals surface area contributed by atoms with Crippen LogP contribution in [0.15, 0.2) is 42.7 Å². The summed E-state index contributed by atoms with van der Waals surface area (Å²) in [6.45, 7) is 0.323. The first-order chi connectivity index (χ1) is 12.9. The van der Waals surface area contributed by atoms with Crippen molar-refractivity contribution in [1.29, 1.82) is 0 Å². The lowest BCUT2D eigenvalue weighted by Gasteiger charge is -2.08. The zero-order chi connectivity index (χ0) is 19.4. The van der Waals surface area contributed by atoms with Crippen molar-refractivity contribution in [3.05, 3.63) is 69.3 Å². The van der Waals surface area contributed by atoms with Crippen molar-refractivity contribution >= 4 is 23.2 Å². The Hall–Kier alpha value is -3.40. The Balaban J connectivity index is 1.57. The number of halogens is 1. The summed E-state index contributed by atoms with van der Waals surface area (Å²) < 4.78 is 8.57. The van der Waals surface area contributed by atoms with Gasteiger partial charge in [0.15, 0.2) is 6.73 Å². The minimum absolute atomic E-state index is 0.00740. The highest BCUT2D eigenvalue weighted by Gasteiger charge is 2.12. The number of hydrogen-bond acceptors (Lipinski definition) is 6. The van der Waals surface area contributed by atoms with Gasteiger partial charge in [-0.1, -0.05) is 11.6 Å². The summed E-state index contributed by atoms with van der Waals surface area (Å²) in [7, 11) is 1.79. The normalized spacial score (nSPS) is 10.6. The molecule has 0 bridgehead atoms. The van der Waals surface area contributed by atoms with E-state index >= 15 is 0 Å². The van der Waals surface area contributed by atoms with E-state index in [1.165, 1.54) is 22.9 Å². The summed E-state index contributed by atoms with van der Waals surface area (Å²) >= 11 is 5.97. The molecular weight excluding hydrogens is 376 g/mol. The SMILES string of the molecule is Cn1nccc1CNC(=O)c1ccn(COc2ccc([N+](=O)[O-])cc2Cl)n1. The minimum Gasteiger partial charge on any atom is -0.470 e. The van der Waals surface area contributed by atoms with Crippen molar-refractivity contribution in [2.75, 3.05) is 0 Å². The third-order valence-corrected chi connectivity index (χ3v) is 4.00. The third-order valence-electron chi connectivity index (χ3n) is 3.70. The summed E-state index contributed by atoms with van der Waals surface area (Å²) in [6, 6.07) is 7.27. The number of ether oxygens (including phenoxy) is 1. The van der Waals surface area contributed by atoms with Crippen LogP contribution in [-0.2, 0) is 20.3 Å². The highest BCUT2D eigenvalue weighted by molar-refractivity contribution is 6.32. The number of hydrogen-bond donors (Lipinski definition) is 1. The monoisotopic (exact) mass is 390 g/mol. The van der Waals surface area contributed by atoms with Gasteiger partial charge in [0.25, 0.3) is 11.6 Å². The Kier molecular flexibility index (Phi) is 5.36. The van der Waals surface area contributed by atoms with E-state index in [9.17, 15) is 14.9 Å². The van der Waals surface area contributed by atoms with Crippen molar-refractivity contribution < 1.29 is 14.5 Å². The molecule has 1 N–H and O–H groups in total. The number of amides is 1. The number of carbonyl (C=O) groups excluding carboxylic acids is 1. The Morgan fingerprint density at radius 3 is 2.85 bits per heavy atom. The minimum atomic E-state index is -0.542. The first-order valence-electron chi connectivity index (χ1n) is 7.79. The van der Waals surface area contributed by atoms with Crippen molar-refractivity contribution in [2.24, 2.45) is 7.05 Å². The molecule has 3 rings (SSSR count). The zero-order valence-electron chi connectivity index (χ0n) is 14.2. The molecule has 0 spiro atoms. The Morgan fingerprint density at radius 1 is 1.37 bits per heavy atom. The average Bonchev–Trinajstić information content (AvgIpc) is 3.27. The van der Waals surface area contributed by atoms with Gasteiger partial charge in [-0.3, -0.25) is 19.6 Å². The number of nitro benzene ring substituents is 1. The maximum atomic E-state index is 12.2. The first kappa shape index (κ1) is 18.4. The van der Waals surface area contributed by atoms with Crippen LogP contribution < -0.4 is 10.1 Å². The predicted molar refractivity (Wildman–Crippen MR) is 95.3 cm³/mol. The van der Waals surface area contributed by atoms with Crippen LogP contribution in [0.25, 0.3) is 0 Å². The molecule has 0 atom stereocenters. The Bertz CT molecular complexity index is 983. The van der Waals surface area contributed by atoms with Crippen LogP contribution in [0, 0.1) is 10.1 Å². The van der Waals surface area contributed by atoms with Gasteiger partial charge >= 0.3 is 0 Å². The second-order valence-electron chi connectivity index (χ2n) is 5.51. The maximum Gasteiger partial charge on any atom is 0.272 e. The molecule has 140 valence electrons. The van der Waals surface area contributed by atoms with Gasteiger partial charge in [0.05, 0.1) is 22.2 Å². The number of nitrogens with one attached hydrogen (secondary N) is 1. The molecule has 3 aromatic rings. The lowest BCUT2D eigenvalue weighted by atomic mass is 10.3. The summed E-state index contributed by atoms with van der Waals surface area (Å²) in [5, 5.41) is 21.7. The predicted octanol–water partition coefficient (Wildman–Crippen LogP) is 2.14.